The van der Waals surface area contributed by atoms with E-state index in [-0.39, 0.29) is 6.42 Å². The van der Waals surface area contributed by atoms with E-state index in [4.69, 9.17) is 21.4 Å². The highest BCUT2D eigenvalue weighted by Crippen LogP contribution is 2.30. The average Bonchev–Trinajstić information content (AvgIpc) is 2.56. The first-order valence-corrected chi connectivity index (χ1v) is 6.73. The third-order valence-corrected chi connectivity index (χ3v) is 3.65. The van der Waals surface area contributed by atoms with Crippen LogP contribution in [0.2, 0.25) is 5.02 Å². The number of carbonyl (C=O) groups is 1. The highest BCUT2D eigenvalue weighted by molar-refractivity contribution is 6.30. The molecule has 102 valence electrons. The molecule has 1 aliphatic heterocycles. The standard InChI is InChI=1S/C16H13ClO3/c17-14-3-2-11-7-12-5-10(6-16(18)19)1-4-15(12)20-9-13(11)8-14/h1-5,8H,6-7,9H2,(H,18,19). The molecule has 0 atom stereocenters. The first kappa shape index (κ1) is 13.0. The van der Waals surface area contributed by atoms with Crippen LogP contribution in [0.5, 0.6) is 5.75 Å². The number of carboxylic acids is 1. The van der Waals surface area contributed by atoms with E-state index in [1.54, 1.807) is 6.07 Å². The van der Waals surface area contributed by atoms with Crippen LogP contribution < -0.4 is 4.74 Å². The van der Waals surface area contributed by atoms with Crippen LogP contribution in [-0.2, 0) is 24.2 Å². The van der Waals surface area contributed by atoms with Crippen LogP contribution >= 0.6 is 11.6 Å². The van der Waals surface area contributed by atoms with Crippen molar-refractivity contribution in [1.82, 2.24) is 0 Å². The molecule has 0 spiro atoms. The van der Waals surface area contributed by atoms with E-state index in [1.807, 2.05) is 30.3 Å². The lowest BCUT2D eigenvalue weighted by atomic mass is 9.98. The van der Waals surface area contributed by atoms with Crippen LogP contribution in [-0.4, -0.2) is 11.1 Å². The van der Waals surface area contributed by atoms with Gasteiger partial charge in [0.2, 0.25) is 0 Å². The van der Waals surface area contributed by atoms with E-state index in [9.17, 15) is 4.79 Å². The first-order valence-electron chi connectivity index (χ1n) is 6.35. The Morgan fingerprint density at radius 3 is 2.80 bits per heavy atom. The Hall–Kier alpha value is -2.00. The molecule has 1 N–H and O–H groups in total. The Kier molecular flexibility index (Phi) is 3.36. The minimum atomic E-state index is -0.827. The minimum absolute atomic E-state index is 0.0285. The largest absolute Gasteiger partial charge is 0.489 e. The fraction of sp³-hybridized carbons (Fsp3) is 0.188. The van der Waals surface area contributed by atoms with Gasteiger partial charge in [0.05, 0.1) is 6.42 Å². The maximum atomic E-state index is 10.8. The van der Waals surface area contributed by atoms with Crippen molar-refractivity contribution in [1.29, 1.82) is 0 Å². The molecular formula is C16H13ClO3. The van der Waals surface area contributed by atoms with Gasteiger partial charge in [0.25, 0.3) is 0 Å². The van der Waals surface area contributed by atoms with Crippen LogP contribution in [0, 0.1) is 0 Å². The lowest BCUT2D eigenvalue weighted by molar-refractivity contribution is -0.136. The molecule has 0 saturated heterocycles. The van der Waals surface area contributed by atoms with Crippen molar-refractivity contribution < 1.29 is 14.6 Å². The van der Waals surface area contributed by atoms with E-state index in [2.05, 4.69) is 0 Å². The van der Waals surface area contributed by atoms with Crippen molar-refractivity contribution in [2.45, 2.75) is 19.4 Å². The number of hydrogen-bond donors (Lipinski definition) is 1. The maximum Gasteiger partial charge on any atom is 0.307 e. The zero-order valence-corrected chi connectivity index (χ0v) is 11.5. The molecule has 3 rings (SSSR count). The van der Waals surface area contributed by atoms with Gasteiger partial charge in [-0.05, 0) is 40.5 Å². The Balaban J connectivity index is 1.97. The Morgan fingerprint density at radius 2 is 2.00 bits per heavy atom. The third-order valence-electron chi connectivity index (χ3n) is 3.41. The van der Waals surface area contributed by atoms with Gasteiger partial charge >= 0.3 is 5.97 Å². The van der Waals surface area contributed by atoms with Gasteiger partial charge in [-0.15, -0.1) is 0 Å². The lowest BCUT2D eigenvalue weighted by Crippen LogP contribution is -2.01. The van der Waals surface area contributed by atoms with Gasteiger partial charge in [0.15, 0.2) is 0 Å². The van der Waals surface area contributed by atoms with Gasteiger partial charge < -0.3 is 9.84 Å². The summed E-state index contributed by atoms with van der Waals surface area (Å²) >= 11 is 6.00. The average molecular weight is 289 g/mol. The van der Waals surface area contributed by atoms with Crippen molar-refractivity contribution in [3.8, 4) is 5.75 Å². The monoisotopic (exact) mass is 288 g/mol. The highest BCUT2D eigenvalue weighted by atomic mass is 35.5. The molecule has 0 amide bonds. The number of fused-ring (bicyclic) bond motifs is 2. The van der Waals surface area contributed by atoms with Crippen molar-refractivity contribution in [3.05, 3.63) is 63.7 Å². The molecule has 1 aliphatic rings. The summed E-state index contributed by atoms with van der Waals surface area (Å²) in [6, 6.07) is 11.3. The van der Waals surface area contributed by atoms with Crippen LogP contribution in [0.4, 0.5) is 0 Å². The Bertz CT molecular complexity index is 679. The van der Waals surface area contributed by atoms with Crippen molar-refractivity contribution >= 4 is 17.6 Å². The second kappa shape index (κ2) is 5.17. The first-order chi connectivity index (χ1) is 9.61. The summed E-state index contributed by atoms with van der Waals surface area (Å²) in [5, 5.41) is 9.57. The lowest BCUT2D eigenvalue weighted by Gasteiger charge is -2.08. The summed E-state index contributed by atoms with van der Waals surface area (Å²) in [5.41, 5.74) is 4.05. The molecule has 2 aromatic carbocycles. The second-order valence-electron chi connectivity index (χ2n) is 4.89. The molecule has 0 saturated carbocycles. The highest BCUT2D eigenvalue weighted by Gasteiger charge is 2.15. The van der Waals surface area contributed by atoms with E-state index in [0.717, 1.165) is 28.9 Å². The molecule has 0 unspecified atom stereocenters. The topological polar surface area (TPSA) is 46.5 Å². The van der Waals surface area contributed by atoms with Gasteiger partial charge in [0.1, 0.15) is 12.4 Å². The number of rotatable bonds is 2. The van der Waals surface area contributed by atoms with E-state index in [0.29, 0.717) is 11.6 Å². The van der Waals surface area contributed by atoms with Crippen molar-refractivity contribution in [2.75, 3.05) is 0 Å². The Labute approximate surface area is 121 Å². The molecule has 0 radical (unpaired) electrons. The SMILES string of the molecule is O=C(O)Cc1ccc2c(c1)Cc1ccc(Cl)cc1CO2. The predicted octanol–water partition coefficient (Wildman–Crippen LogP) is 3.45. The van der Waals surface area contributed by atoms with Crippen molar-refractivity contribution in [2.24, 2.45) is 0 Å². The van der Waals surface area contributed by atoms with E-state index >= 15 is 0 Å². The van der Waals surface area contributed by atoms with Gasteiger partial charge in [-0.25, -0.2) is 0 Å². The zero-order chi connectivity index (χ0) is 14.1. The predicted molar refractivity (Wildman–Crippen MR) is 76.4 cm³/mol. The number of aliphatic carboxylic acids is 1. The molecule has 0 bridgehead atoms. The number of halogens is 1. The molecule has 20 heavy (non-hydrogen) atoms. The fourth-order valence-electron chi connectivity index (χ4n) is 2.46. The third kappa shape index (κ3) is 2.63. The summed E-state index contributed by atoms with van der Waals surface area (Å²) < 4.78 is 5.78. The molecule has 0 fully saturated rings. The molecular weight excluding hydrogens is 276 g/mol. The van der Waals surface area contributed by atoms with Gasteiger partial charge in [0, 0.05) is 11.4 Å². The number of carboxylic acid groups (broad SMARTS) is 1. The van der Waals surface area contributed by atoms with Gasteiger partial charge in [-0.1, -0.05) is 29.8 Å². The molecule has 1 heterocycles. The summed E-state index contributed by atoms with van der Waals surface area (Å²) in [6.45, 7) is 0.487. The van der Waals surface area contributed by atoms with Gasteiger partial charge in [-0.3, -0.25) is 4.79 Å². The number of ether oxygens (including phenoxy) is 1. The van der Waals surface area contributed by atoms with E-state index in [1.165, 1.54) is 5.56 Å². The van der Waals surface area contributed by atoms with Crippen LogP contribution in [0.1, 0.15) is 22.3 Å². The smallest absolute Gasteiger partial charge is 0.307 e. The fourth-order valence-corrected chi connectivity index (χ4v) is 2.65. The summed E-state index contributed by atoms with van der Waals surface area (Å²) in [7, 11) is 0. The quantitative estimate of drug-likeness (QED) is 0.920. The second-order valence-corrected chi connectivity index (χ2v) is 5.33. The minimum Gasteiger partial charge on any atom is -0.489 e. The van der Waals surface area contributed by atoms with E-state index < -0.39 is 5.97 Å². The molecule has 0 aromatic heterocycles. The summed E-state index contributed by atoms with van der Waals surface area (Å²) in [6.07, 6.45) is 0.760. The van der Waals surface area contributed by atoms with Gasteiger partial charge in [-0.2, -0.15) is 0 Å². The summed E-state index contributed by atoms with van der Waals surface area (Å²) in [4.78, 5) is 10.8. The normalized spacial score (nSPS) is 12.8. The molecule has 3 nitrogen and oxygen atoms in total. The summed E-state index contributed by atoms with van der Waals surface area (Å²) in [5.74, 6) is -0.0156. The maximum absolute atomic E-state index is 10.8. The van der Waals surface area contributed by atoms with Crippen LogP contribution in [0.3, 0.4) is 0 Å². The zero-order valence-electron chi connectivity index (χ0n) is 10.7. The number of hydrogen-bond acceptors (Lipinski definition) is 2. The molecule has 4 heteroatoms. The Morgan fingerprint density at radius 1 is 1.15 bits per heavy atom. The molecule has 0 aliphatic carbocycles. The van der Waals surface area contributed by atoms with Crippen molar-refractivity contribution in [3.63, 3.8) is 0 Å². The van der Waals surface area contributed by atoms with Crippen LogP contribution in [0.25, 0.3) is 0 Å². The number of benzene rings is 2. The van der Waals surface area contributed by atoms with Crippen LogP contribution in [0.15, 0.2) is 36.4 Å². The molecule has 2 aromatic rings.